The van der Waals surface area contributed by atoms with Gasteiger partial charge in [0.05, 0.1) is 26.7 Å². The van der Waals surface area contributed by atoms with Crippen molar-refractivity contribution in [1.82, 2.24) is 4.31 Å². The molecule has 1 N–H and O–H groups in total. The van der Waals surface area contributed by atoms with Crippen LogP contribution in [0.15, 0.2) is 71.6 Å². The molecule has 0 saturated carbocycles. The van der Waals surface area contributed by atoms with Crippen LogP contribution in [0.3, 0.4) is 0 Å². The standard InChI is InChI=1S/C24H20ClF4N3O3S/c25-20-8-6-16(24(27,28)29)14-22(20)30-23(33)19-15-18(7-9-21(19)26)36(34,35)32-12-10-31(11-13-32)17-4-2-1-3-5-17/h1-9,14-15H,10-13H2,(H,30,33). The molecule has 6 nitrogen and oxygen atoms in total. The van der Waals surface area contributed by atoms with E-state index in [-0.39, 0.29) is 28.7 Å². The van der Waals surface area contributed by atoms with Crippen molar-refractivity contribution in [2.75, 3.05) is 36.4 Å². The van der Waals surface area contributed by atoms with E-state index in [9.17, 15) is 30.8 Å². The molecule has 1 saturated heterocycles. The van der Waals surface area contributed by atoms with E-state index in [1.54, 1.807) is 0 Å². The first-order valence-corrected chi connectivity index (χ1v) is 12.6. The van der Waals surface area contributed by atoms with Crippen LogP contribution in [-0.4, -0.2) is 44.8 Å². The average molecular weight is 542 g/mol. The van der Waals surface area contributed by atoms with Crippen molar-refractivity contribution in [3.05, 3.63) is 88.7 Å². The molecule has 1 aliphatic rings. The minimum absolute atomic E-state index is 0.177. The Kier molecular flexibility index (Phi) is 7.26. The maximum Gasteiger partial charge on any atom is 0.416 e. The van der Waals surface area contributed by atoms with E-state index in [0.29, 0.717) is 19.2 Å². The number of hydrogen-bond donors (Lipinski definition) is 1. The van der Waals surface area contributed by atoms with E-state index < -0.39 is 39.1 Å². The summed E-state index contributed by atoms with van der Waals surface area (Å²) in [5.41, 5.74) is -1.13. The third-order valence-electron chi connectivity index (χ3n) is 5.72. The fourth-order valence-electron chi connectivity index (χ4n) is 3.80. The summed E-state index contributed by atoms with van der Waals surface area (Å²) in [5.74, 6) is -2.18. The number of nitrogens with one attached hydrogen (secondary N) is 1. The second-order valence-electron chi connectivity index (χ2n) is 8.01. The van der Waals surface area contributed by atoms with Gasteiger partial charge in [0, 0.05) is 31.9 Å². The smallest absolute Gasteiger partial charge is 0.369 e. The minimum atomic E-state index is -4.69. The van der Waals surface area contributed by atoms with Crippen LogP contribution in [-0.2, 0) is 16.2 Å². The van der Waals surface area contributed by atoms with Crippen LogP contribution in [0.25, 0.3) is 0 Å². The Morgan fingerprint density at radius 2 is 1.58 bits per heavy atom. The zero-order chi connectivity index (χ0) is 26.1. The molecule has 0 aliphatic carbocycles. The number of benzene rings is 3. The first kappa shape index (κ1) is 25.9. The molecular weight excluding hydrogens is 522 g/mol. The second-order valence-corrected chi connectivity index (χ2v) is 10.4. The van der Waals surface area contributed by atoms with Gasteiger partial charge in [-0.05, 0) is 48.5 Å². The monoisotopic (exact) mass is 541 g/mol. The number of carbonyl (C=O) groups excluding carboxylic acids is 1. The van der Waals surface area contributed by atoms with Gasteiger partial charge in [0.1, 0.15) is 5.82 Å². The van der Waals surface area contributed by atoms with Crippen molar-refractivity contribution in [2.24, 2.45) is 0 Å². The summed E-state index contributed by atoms with van der Waals surface area (Å²) in [6.07, 6.45) is -4.69. The Balaban J connectivity index is 1.53. The second kappa shape index (κ2) is 10.1. The Morgan fingerprint density at radius 1 is 0.917 bits per heavy atom. The fourth-order valence-corrected chi connectivity index (χ4v) is 5.41. The van der Waals surface area contributed by atoms with Gasteiger partial charge < -0.3 is 10.2 Å². The number of anilines is 2. The van der Waals surface area contributed by atoms with E-state index in [2.05, 4.69) is 5.32 Å². The number of rotatable bonds is 5. The number of piperazine rings is 1. The van der Waals surface area contributed by atoms with Crippen molar-refractivity contribution < 1.29 is 30.8 Å². The van der Waals surface area contributed by atoms with Gasteiger partial charge in [-0.25, -0.2) is 12.8 Å². The van der Waals surface area contributed by atoms with Crippen LogP contribution in [0, 0.1) is 5.82 Å². The highest BCUT2D eigenvalue weighted by Gasteiger charge is 2.32. The molecule has 0 unspecified atom stereocenters. The predicted octanol–water partition coefficient (Wildman–Crippen LogP) is 5.26. The lowest BCUT2D eigenvalue weighted by Crippen LogP contribution is -2.48. The normalized spacial score (nSPS) is 15.1. The molecule has 36 heavy (non-hydrogen) atoms. The first-order chi connectivity index (χ1) is 17.0. The Bertz CT molecular complexity index is 1380. The van der Waals surface area contributed by atoms with Crippen molar-refractivity contribution >= 4 is 38.9 Å². The van der Waals surface area contributed by atoms with Gasteiger partial charge in [-0.15, -0.1) is 0 Å². The molecule has 12 heteroatoms. The third-order valence-corrected chi connectivity index (χ3v) is 7.95. The molecule has 0 aromatic heterocycles. The molecule has 1 amide bonds. The lowest BCUT2D eigenvalue weighted by molar-refractivity contribution is -0.137. The van der Waals surface area contributed by atoms with Crippen LogP contribution in [0.4, 0.5) is 28.9 Å². The number of amides is 1. The first-order valence-electron chi connectivity index (χ1n) is 10.7. The molecule has 1 aliphatic heterocycles. The number of sulfonamides is 1. The van der Waals surface area contributed by atoms with Crippen LogP contribution < -0.4 is 10.2 Å². The molecule has 3 aromatic rings. The molecule has 0 spiro atoms. The zero-order valence-corrected chi connectivity index (χ0v) is 20.2. The maximum atomic E-state index is 14.5. The SMILES string of the molecule is O=C(Nc1cc(C(F)(F)F)ccc1Cl)c1cc(S(=O)(=O)N2CCN(c3ccccc3)CC2)ccc1F. The number of para-hydroxylation sites is 1. The van der Waals surface area contributed by atoms with Gasteiger partial charge >= 0.3 is 6.18 Å². The van der Waals surface area contributed by atoms with E-state index in [1.165, 1.54) is 4.31 Å². The molecule has 190 valence electrons. The Labute approximate surface area is 210 Å². The highest BCUT2D eigenvalue weighted by atomic mass is 35.5. The van der Waals surface area contributed by atoms with Gasteiger partial charge in [0.2, 0.25) is 10.0 Å². The van der Waals surface area contributed by atoms with Crippen molar-refractivity contribution in [2.45, 2.75) is 11.1 Å². The van der Waals surface area contributed by atoms with Crippen LogP contribution in [0.1, 0.15) is 15.9 Å². The summed E-state index contributed by atoms with van der Waals surface area (Å²) in [5, 5.41) is 1.94. The molecule has 4 rings (SSSR count). The largest absolute Gasteiger partial charge is 0.416 e. The molecule has 0 radical (unpaired) electrons. The van der Waals surface area contributed by atoms with Crippen molar-refractivity contribution in [3.8, 4) is 0 Å². The Morgan fingerprint density at radius 3 is 2.22 bits per heavy atom. The molecule has 1 heterocycles. The van der Waals surface area contributed by atoms with Gasteiger partial charge in [0.15, 0.2) is 0 Å². The lowest BCUT2D eigenvalue weighted by Gasteiger charge is -2.35. The van der Waals surface area contributed by atoms with Gasteiger partial charge in [-0.2, -0.15) is 17.5 Å². The molecule has 1 fully saturated rings. The van der Waals surface area contributed by atoms with E-state index in [0.717, 1.165) is 36.0 Å². The predicted molar refractivity (Wildman–Crippen MR) is 128 cm³/mol. The van der Waals surface area contributed by atoms with Crippen LogP contribution >= 0.6 is 11.6 Å². The van der Waals surface area contributed by atoms with Gasteiger partial charge in [-0.1, -0.05) is 29.8 Å². The number of alkyl halides is 3. The number of nitrogens with zero attached hydrogens (tertiary/aromatic N) is 2. The molecule has 0 atom stereocenters. The van der Waals surface area contributed by atoms with Crippen LogP contribution in [0.5, 0.6) is 0 Å². The number of hydrogen-bond acceptors (Lipinski definition) is 4. The molecule has 3 aromatic carbocycles. The lowest BCUT2D eigenvalue weighted by atomic mass is 10.1. The van der Waals surface area contributed by atoms with E-state index in [4.69, 9.17) is 11.6 Å². The fraction of sp³-hybridized carbons (Fsp3) is 0.208. The third kappa shape index (κ3) is 5.48. The quantitative estimate of drug-likeness (QED) is 0.447. The zero-order valence-electron chi connectivity index (χ0n) is 18.6. The topological polar surface area (TPSA) is 69.7 Å². The maximum absolute atomic E-state index is 14.5. The summed E-state index contributed by atoms with van der Waals surface area (Å²) >= 11 is 5.90. The highest BCUT2D eigenvalue weighted by molar-refractivity contribution is 7.89. The highest BCUT2D eigenvalue weighted by Crippen LogP contribution is 2.34. The average Bonchev–Trinajstić information content (AvgIpc) is 2.85. The Hall–Kier alpha value is -3.15. The van der Waals surface area contributed by atoms with E-state index in [1.807, 2.05) is 35.2 Å². The minimum Gasteiger partial charge on any atom is -0.369 e. The van der Waals surface area contributed by atoms with E-state index >= 15 is 0 Å². The summed E-state index contributed by atoms with van der Waals surface area (Å²) in [4.78, 5) is 14.4. The number of carbonyl (C=O) groups is 1. The van der Waals surface area contributed by atoms with Crippen molar-refractivity contribution in [1.29, 1.82) is 0 Å². The molecule has 0 bridgehead atoms. The summed E-state index contributed by atoms with van der Waals surface area (Å²) in [6.45, 7) is 1.23. The van der Waals surface area contributed by atoms with Gasteiger partial charge in [0.25, 0.3) is 5.91 Å². The number of halogens is 5. The summed E-state index contributed by atoms with van der Waals surface area (Å²) in [6, 6.07) is 14.5. The van der Waals surface area contributed by atoms with Crippen molar-refractivity contribution in [3.63, 3.8) is 0 Å². The molecular formula is C24H20ClF4N3O3S. The van der Waals surface area contributed by atoms with Crippen LogP contribution in [0.2, 0.25) is 5.02 Å². The summed E-state index contributed by atoms with van der Waals surface area (Å²) in [7, 11) is -4.06. The van der Waals surface area contributed by atoms with Gasteiger partial charge in [-0.3, -0.25) is 4.79 Å². The summed E-state index contributed by atoms with van der Waals surface area (Å²) < 4.78 is 81.1.